The van der Waals surface area contributed by atoms with Crippen molar-refractivity contribution in [3.05, 3.63) is 35.9 Å². The van der Waals surface area contributed by atoms with Crippen molar-refractivity contribution in [3.8, 4) is 5.75 Å². The van der Waals surface area contributed by atoms with E-state index in [1.165, 1.54) is 30.3 Å². The molecule has 4 atom stereocenters. The Morgan fingerprint density at radius 1 is 1.13 bits per heavy atom. The van der Waals surface area contributed by atoms with Crippen LogP contribution in [0.15, 0.2) is 30.3 Å². The smallest absolute Gasteiger partial charge is 0.331 e. The van der Waals surface area contributed by atoms with Crippen LogP contribution in [0.2, 0.25) is 0 Å². The Morgan fingerprint density at radius 3 is 2.26 bits per heavy atom. The average molecular weight is 326 g/mol. The van der Waals surface area contributed by atoms with Crippen LogP contribution in [0.1, 0.15) is 5.56 Å². The summed E-state index contributed by atoms with van der Waals surface area (Å²) in [6, 6.07) is 5.89. The van der Waals surface area contributed by atoms with E-state index >= 15 is 0 Å². The molecule has 0 aliphatic rings. The van der Waals surface area contributed by atoms with Crippen molar-refractivity contribution in [2.75, 3.05) is 6.61 Å². The fourth-order valence-corrected chi connectivity index (χ4v) is 1.63. The van der Waals surface area contributed by atoms with Crippen LogP contribution >= 0.6 is 0 Å². The van der Waals surface area contributed by atoms with E-state index in [0.717, 1.165) is 6.08 Å². The molecule has 0 radical (unpaired) electrons. The summed E-state index contributed by atoms with van der Waals surface area (Å²) in [5.41, 5.74) is 0.582. The van der Waals surface area contributed by atoms with E-state index in [-0.39, 0.29) is 12.0 Å². The Labute approximate surface area is 131 Å². The number of benzene rings is 1. The number of rotatable bonds is 8. The number of aromatic hydroxyl groups is 1. The molecule has 8 nitrogen and oxygen atoms in total. The zero-order chi connectivity index (χ0) is 17.4. The van der Waals surface area contributed by atoms with Crippen molar-refractivity contribution in [2.45, 2.75) is 24.4 Å². The Bertz CT molecular complexity index is 539. The molecule has 8 heteroatoms. The third kappa shape index (κ3) is 5.80. The predicted molar refractivity (Wildman–Crippen MR) is 78.2 cm³/mol. The summed E-state index contributed by atoms with van der Waals surface area (Å²) in [6.07, 6.45) is -4.68. The minimum Gasteiger partial charge on any atom is -0.508 e. The van der Waals surface area contributed by atoms with Crippen molar-refractivity contribution in [1.82, 2.24) is 0 Å². The van der Waals surface area contributed by atoms with Crippen molar-refractivity contribution in [2.24, 2.45) is 0 Å². The SMILES string of the molecule is O=C[C@H](OC(=O)/C=C/c1ccc(O)cc1)[C@@H](O)[C@H](O)[C@H](O)CO. The highest BCUT2D eigenvalue weighted by atomic mass is 16.6. The molecule has 0 bridgehead atoms. The van der Waals surface area contributed by atoms with Gasteiger partial charge in [0, 0.05) is 6.08 Å². The van der Waals surface area contributed by atoms with Crippen molar-refractivity contribution >= 4 is 18.3 Å². The van der Waals surface area contributed by atoms with Gasteiger partial charge in [0.25, 0.3) is 0 Å². The number of aldehydes is 1. The van der Waals surface area contributed by atoms with Gasteiger partial charge in [-0.25, -0.2) is 4.79 Å². The van der Waals surface area contributed by atoms with Crippen molar-refractivity contribution in [1.29, 1.82) is 0 Å². The summed E-state index contributed by atoms with van der Waals surface area (Å²) < 4.78 is 4.68. The Kier molecular flexibility index (Phi) is 7.36. The molecule has 1 rings (SSSR count). The summed E-state index contributed by atoms with van der Waals surface area (Å²) >= 11 is 0. The normalized spacial score (nSPS) is 16.5. The Morgan fingerprint density at radius 2 is 1.74 bits per heavy atom. The Hall–Kier alpha value is -2.26. The fraction of sp³-hybridized carbons (Fsp3) is 0.333. The standard InChI is InChI=1S/C15H18O8/c16-7-11(19)14(21)15(22)12(8-17)23-13(20)6-3-9-1-4-10(18)5-2-9/h1-6,8,11-12,14-16,18-19,21-22H,7H2/b6-3+/t11-,12+,14-,15-/m1/s1. The van der Waals surface area contributed by atoms with Crippen molar-refractivity contribution < 1.29 is 39.9 Å². The quantitative estimate of drug-likeness (QED) is 0.223. The summed E-state index contributed by atoms with van der Waals surface area (Å²) in [6.45, 7) is -0.835. The van der Waals surface area contributed by atoms with Crippen LogP contribution in [-0.2, 0) is 14.3 Å². The molecular formula is C15H18O8. The molecule has 1 aromatic rings. The van der Waals surface area contributed by atoms with Crippen LogP contribution in [0.3, 0.4) is 0 Å². The average Bonchev–Trinajstić information content (AvgIpc) is 2.57. The van der Waals surface area contributed by atoms with E-state index in [0.29, 0.717) is 5.56 Å². The van der Waals surface area contributed by atoms with Gasteiger partial charge in [0.15, 0.2) is 12.4 Å². The maximum atomic E-state index is 11.6. The number of hydrogen-bond acceptors (Lipinski definition) is 8. The maximum Gasteiger partial charge on any atom is 0.331 e. The fourth-order valence-electron chi connectivity index (χ4n) is 1.63. The van der Waals surface area contributed by atoms with Gasteiger partial charge in [-0.15, -0.1) is 0 Å². The topological polar surface area (TPSA) is 145 Å². The predicted octanol–water partition coefficient (Wildman–Crippen LogP) is -1.41. The molecule has 0 amide bonds. The van der Waals surface area contributed by atoms with Gasteiger partial charge < -0.3 is 30.3 Å². The molecular weight excluding hydrogens is 308 g/mol. The van der Waals surface area contributed by atoms with Gasteiger partial charge in [0.2, 0.25) is 0 Å². The third-order valence-electron chi connectivity index (χ3n) is 2.96. The lowest BCUT2D eigenvalue weighted by atomic mass is 10.0. The molecule has 5 N–H and O–H groups in total. The van der Waals surface area contributed by atoms with E-state index in [9.17, 15) is 24.9 Å². The lowest BCUT2D eigenvalue weighted by molar-refractivity contribution is -0.163. The number of aliphatic hydroxyl groups is 4. The van der Waals surface area contributed by atoms with Gasteiger partial charge in [0.05, 0.1) is 6.61 Å². The first-order valence-electron chi connectivity index (χ1n) is 6.67. The van der Waals surface area contributed by atoms with Gasteiger partial charge >= 0.3 is 5.97 Å². The molecule has 0 heterocycles. The first-order valence-corrected chi connectivity index (χ1v) is 6.67. The molecule has 0 saturated carbocycles. The lowest BCUT2D eigenvalue weighted by Crippen LogP contribution is -2.47. The highest BCUT2D eigenvalue weighted by Crippen LogP contribution is 2.11. The first kappa shape index (κ1) is 18.8. The summed E-state index contributed by atoms with van der Waals surface area (Å²) in [5, 5.41) is 46.1. The zero-order valence-corrected chi connectivity index (χ0v) is 12.0. The zero-order valence-electron chi connectivity index (χ0n) is 12.0. The minimum absolute atomic E-state index is 0.0605. The van der Waals surface area contributed by atoms with E-state index in [1.807, 2.05) is 0 Å². The monoisotopic (exact) mass is 326 g/mol. The van der Waals surface area contributed by atoms with Crippen LogP contribution in [0, 0.1) is 0 Å². The summed E-state index contributed by atoms with van der Waals surface area (Å²) in [7, 11) is 0. The largest absolute Gasteiger partial charge is 0.508 e. The second-order valence-corrected chi connectivity index (χ2v) is 4.69. The van der Waals surface area contributed by atoms with E-state index < -0.39 is 37.0 Å². The second kappa shape index (κ2) is 9.01. The van der Waals surface area contributed by atoms with Crippen LogP contribution in [0.5, 0.6) is 5.75 Å². The molecule has 0 saturated heterocycles. The molecule has 0 spiro atoms. The van der Waals surface area contributed by atoms with E-state index in [2.05, 4.69) is 4.74 Å². The molecule has 0 aliphatic carbocycles. The van der Waals surface area contributed by atoms with E-state index in [1.54, 1.807) is 0 Å². The maximum absolute atomic E-state index is 11.6. The van der Waals surface area contributed by atoms with Gasteiger partial charge in [-0.1, -0.05) is 12.1 Å². The summed E-state index contributed by atoms with van der Waals surface area (Å²) in [5.74, 6) is -0.898. The molecule has 0 unspecified atom stereocenters. The van der Waals surface area contributed by atoms with Gasteiger partial charge in [-0.2, -0.15) is 0 Å². The number of ether oxygens (including phenoxy) is 1. The van der Waals surface area contributed by atoms with Crippen LogP contribution in [0.4, 0.5) is 0 Å². The molecule has 23 heavy (non-hydrogen) atoms. The minimum atomic E-state index is -1.89. The Balaban J connectivity index is 2.65. The highest BCUT2D eigenvalue weighted by molar-refractivity contribution is 5.88. The van der Waals surface area contributed by atoms with Crippen LogP contribution in [-0.4, -0.2) is 68.8 Å². The van der Waals surface area contributed by atoms with Crippen LogP contribution in [0.25, 0.3) is 6.08 Å². The number of phenols is 1. The number of hydrogen-bond donors (Lipinski definition) is 5. The van der Waals surface area contributed by atoms with E-state index in [4.69, 9.17) is 10.2 Å². The highest BCUT2D eigenvalue weighted by Gasteiger charge is 2.33. The first-order chi connectivity index (χ1) is 10.9. The second-order valence-electron chi connectivity index (χ2n) is 4.69. The molecule has 126 valence electrons. The van der Waals surface area contributed by atoms with Crippen molar-refractivity contribution in [3.63, 3.8) is 0 Å². The third-order valence-corrected chi connectivity index (χ3v) is 2.96. The number of esters is 1. The molecule has 0 aliphatic heterocycles. The van der Waals surface area contributed by atoms with Gasteiger partial charge in [0.1, 0.15) is 24.1 Å². The molecule has 0 aromatic heterocycles. The number of carbonyl (C=O) groups excluding carboxylic acids is 2. The lowest BCUT2D eigenvalue weighted by Gasteiger charge is -2.25. The molecule has 0 fully saturated rings. The summed E-state index contributed by atoms with van der Waals surface area (Å²) in [4.78, 5) is 22.5. The van der Waals surface area contributed by atoms with Gasteiger partial charge in [-0.3, -0.25) is 4.79 Å². The number of carbonyl (C=O) groups is 2. The number of aliphatic hydroxyl groups excluding tert-OH is 4. The van der Waals surface area contributed by atoms with Crippen LogP contribution < -0.4 is 0 Å². The molecule has 1 aromatic carbocycles. The number of phenolic OH excluding ortho intramolecular Hbond substituents is 1. The van der Waals surface area contributed by atoms with Gasteiger partial charge in [-0.05, 0) is 23.8 Å².